The number of hydrogen-bond acceptors (Lipinski definition) is 5. The molecule has 2 unspecified atom stereocenters. The zero-order valence-electron chi connectivity index (χ0n) is 19.4. The van der Waals surface area contributed by atoms with E-state index in [1.54, 1.807) is 22.6 Å². The number of aliphatic hydroxyl groups is 1. The molecule has 2 fully saturated rings. The van der Waals surface area contributed by atoms with E-state index in [-0.39, 0.29) is 22.9 Å². The maximum absolute atomic E-state index is 13.5. The molecule has 2 atom stereocenters. The zero-order chi connectivity index (χ0) is 24.2. The van der Waals surface area contributed by atoms with Gasteiger partial charge in [0.25, 0.3) is 5.91 Å². The number of aromatic nitrogens is 5. The number of anilines is 1. The van der Waals surface area contributed by atoms with Crippen LogP contribution in [-0.2, 0) is 12.6 Å². The first kappa shape index (κ1) is 23.0. The highest BCUT2D eigenvalue weighted by molar-refractivity contribution is 6.31. The summed E-state index contributed by atoms with van der Waals surface area (Å²) in [5, 5.41) is 18.5. The second-order valence-corrected chi connectivity index (χ2v) is 10.3. The third-order valence-corrected chi connectivity index (χ3v) is 7.55. The van der Waals surface area contributed by atoms with Gasteiger partial charge in [-0.1, -0.05) is 11.6 Å². The highest BCUT2D eigenvalue weighted by Gasteiger charge is 2.52. The molecule has 3 aromatic rings. The third kappa shape index (κ3) is 3.90. The van der Waals surface area contributed by atoms with Crippen LogP contribution in [0.2, 0.25) is 5.02 Å². The summed E-state index contributed by atoms with van der Waals surface area (Å²) in [6, 6.07) is 4.22. The van der Waals surface area contributed by atoms with Crippen LogP contribution >= 0.6 is 11.6 Å². The van der Waals surface area contributed by atoms with Crippen molar-refractivity contribution in [1.82, 2.24) is 24.3 Å². The van der Waals surface area contributed by atoms with Crippen molar-refractivity contribution in [3.8, 4) is 0 Å². The van der Waals surface area contributed by atoms with Crippen LogP contribution in [0.1, 0.15) is 73.5 Å². The molecular formula is C24H28ClFN6O2. The highest BCUT2D eigenvalue weighted by atomic mass is 35.5. The number of fused-ring (bicyclic) bond motifs is 1. The molecule has 5 rings (SSSR count). The fraction of sp³-hybridized carbons (Fsp3) is 0.500. The molecular weight excluding hydrogens is 459 g/mol. The Morgan fingerprint density at radius 2 is 1.97 bits per heavy atom. The largest absolute Gasteiger partial charge is 0.382 e. The molecule has 1 aromatic carbocycles. The SMILES string of the molecule is CC(C)n1ncnc1C1(O)CC2CC(c3ncn(C)c3C(=O)Nc3ccc(F)c(Cl)c3)CC2C1. The van der Waals surface area contributed by atoms with Gasteiger partial charge in [0.1, 0.15) is 23.4 Å². The van der Waals surface area contributed by atoms with Crippen molar-refractivity contribution in [1.29, 1.82) is 0 Å². The molecule has 0 saturated heterocycles. The monoisotopic (exact) mass is 486 g/mol. The summed E-state index contributed by atoms with van der Waals surface area (Å²) in [5.41, 5.74) is 0.690. The number of aryl methyl sites for hydroxylation is 1. The minimum Gasteiger partial charge on any atom is -0.382 e. The summed E-state index contributed by atoms with van der Waals surface area (Å²) >= 11 is 5.86. The van der Waals surface area contributed by atoms with E-state index in [1.165, 1.54) is 24.5 Å². The topological polar surface area (TPSA) is 97.9 Å². The van der Waals surface area contributed by atoms with Crippen LogP contribution in [0.5, 0.6) is 0 Å². The van der Waals surface area contributed by atoms with Crippen molar-refractivity contribution in [2.75, 3.05) is 5.32 Å². The first-order valence-electron chi connectivity index (χ1n) is 11.6. The molecule has 180 valence electrons. The van der Waals surface area contributed by atoms with Crippen molar-refractivity contribution in [2.45, 2.75) is 57.1 Å². The molecule has 2 heterocycles. The summed E-state index contributed by atoms with van der Waals surface area (Å²) in [5.74, 6) is 0.564. The minimum atomic E-state index is -0.979. The van der Waals surface area contributed by atoms with E-state index >= 15 is 0 Å². The van der Waals surface area contributed by atoms with Gasteiger partial charge in [-0.3, -0.25) is 4.79 Å². The normalized spacial score (nSPS) is 26.3. The number of nitrogens with zero attached hydrogens (tertiary/aromatic N) is 5. The van der Waals surface area contributed by atoms with E-state index < -0.39 is 11.4 Å². The van der Waals surface area contributed by atoms with Crippen LogP contribution in [0.15, 0.2) is 30.9 Å². The van der Waals surface area contributed by atoms with Gasteiger partial charge in [0.15, 0.2) is 5.82 Å². The van der Waals surface area contributed by atoms with Gasteiger partial charge in [-0.05, 0) is 69.6 Å². The molecule has 2 aliphatic carbocycles. The fourth-order valence-corrected chi connectivity index (χ4v) is 6.00. The number of amides is 1. The molecule has 1 amide bonds. The number of halogens is 2. The average Bonchev–Trinajstić information content (AvgIpc) is 3.52. The van der Waals surface area contributed by atoms with Crippen LogP contribution in [-0.4, -0.2) is 35.3 Å². The summed E-state index contributed by atoms with van der Waals surface area (Å²) in [6.45, 7) is 4.06. The fourth-order valence-electron chi connectivity index (χ4n) is 5.82. The number of hydrogen-bond donors (Lipinski definition) is 2. The van der Waals surface area contributed by atoms with Crippen LogP contribution in [0, 0.1) is 17.7 Å². The van der Waals surface area contributed by atoms with Gasteiger partial charge < -0.3 is 15.0 Å². The molecule has 0 aliphatic heterocycles. The lowest BCUT2D eigenvalue weighted by Crippen LogP contribution is -2.29. The van der Waals surface area contributed by atoms with Crippen molar-refractivity contribution in [3.05, 3.63) is 58.9 Å². The highest BCUT2D eigenvalue weighted by Crippen LogP contribution is 2.56. The lowest BCUT2D eigenvalue weighted by molar-refractivity contribution is 0.0197. The molecule has 34 heavy (non-hydrogen) atoms. The van der Waals surface area contributed by atoms with Gasteiger partial charge in [-0.25, -0.2) is 19.0 Å². The number of imidazole rings is 1. The standard InChI is InChI=1S/C24H28ClFN6O2/c1-13(2)32-23(27-11-29-32)24(34)9-15-6-14(7-16(15)10-24)20-21(31(3)12-28-20)22(33)30-17-4-5-19(26)18(25)8-17/h4-5,8,11-16,34H,6-7,9-10H2,1-3H3,(H,30,33). The van der Waals surface area contributed by atoms with Gasteiger partial charge in [-0.15, -0.1) is 0 Å². The van der Waals surface area contributed by atoms with Crippen molar-refractivity contribution in [2.24, 2.45) is 18.9 Å². The second-order valence-electron chi connectivity index (χ2n) is 9.92. The maximum Gasteiger partial charge on any atom is 0.274 e. The smallest absolute Gasteiger partial charge is 0.274 e. The Morgan fingerprint density at radius 3 is 2.62 bits per heavy atom. The molecule has 0 spiro atoms. The lowest BCUT2D eigenvalue weighted by Gasteiger charge is -2.25. The van der Waals surface area contributed by atoms with Gasteiger partial charge in [0.2, 0.25) is 0 Å². The molecule has 8 nitrogen and oxygen atoms in total. The number of benzene rings is 1. The van der Waals surface area contributed by atoms with E-state index in [4.69, 9.17) is 11.6 Å². The molecule has 2 saturated carbocycles. The van der Waals surface area contributed by atoms with E-state index in [0.29, 0.717) is 41.9 Å². The first-order chi connectivity index (χ1) is 16.2. The Kier molecular flexibility index (Phi) is 5.72. The molecule has 2 N–H and O–H groups in total. The Labute approximate surface area is 202 Å². The van der Waals surface area contributed by atoms with Crippen molar-refractivity contribution < 1.29 is 14.3 Å². The predicted octanol–water partition coefficient (Wildman–Crippen LogP) is 4.43. The molecule has 0 radical (unpaired) electrons. The number of nitrogens with one attached hydrogen (secondary N) is 1. The minimum absolute atomic E-state index is 0.0487. The maximum atomic E-state index is 13.5. The average molecular weight is 487 g/mol. The zero-order valence-corrected chi connectivity index (χ0v) is 20.1. The van der Waals surface area contributed by atoms with Crippen LogP contribution in [0.3, 0.4) is 0 Å². The second kappa shape index (κ2) is 8.46. The van der Waals surface area contributed by atoms with E-state index in [0.717, 1.165) is 18.5 Å². The van der Waals surface area contributed by atoms with Crippen LogP contribution in [0.25, 0.3) is 0 Å². The van der Waals surface area contributed by atoms with Crippen LogP contribution < -0.4 is 5.32 Å². The van der Waals surface area contributed by atoms with Gasteiger partial charge in [0.05, 0.1) is 17.0 Å². The van der Waals surface area contributed by atoms with Gasteiger partial charge in [-0.2, -0.15) is 5.10 Å². The molecule has 2 aliphatic rings. The molecule has 2 aromatic heterocycles. The number of carbonyl (C=O) groups is 1. The summed E-state index contributed by atoms with van der Waals surface area (Å²) in [4.78, 5) is 22.1. The molecule has 0 bridgehead atoms. The van der Waals surface area contributed by atoms with Crippen molar-refractivity contribution in [3.63, 3.8) is 0 Å². The van der Waals surface area contributed by atoms with Gasteiger partial charge >= 0.3 is 0 Å². The predicted molar refractivity (Wildman–Crippen MR) is 125 cm³/mol. The van der Waals surface area contributed by atoms with E-state index in [9.17, 15) is 14.3 Å². The summed E-state index contributed by atoms with van der Waals surface area (Å²) < 4.78 is 17.0. The Bertz CT molecular complexity index is 1220. The lowest BCUT2D eigenvalue weighted by atomic mass is 9.91. The third-order valence-electron chi connectivity index (χ3n) is 7.26. The van der Waals surface area contributed by atoms with E-state index in [1.807, 2.05) is 13.8 Å². The quantitative estimate of drug-likeness (QED) is 0.556. The number of carbonyl (C=O) groups excluding carboxylic acids is 1. The van der Waals surface area contributed by atoms with Crippen molar-refractivity contribution >= 4 is 23.2 Å². The Hall–Kier alpha value is -2.78. The summed E-state index contributed by atoms with van der Waals surface area (Å²) in [7, 11) is 1.79. The molecule has 10 heteroatoms. The summed E-state index contributed by atoms with van der Waals surface area (Å²) in [6.07, 6.45) is 6.11. The van der Waals surface area contributed by atoms with Gasteiger partial charge in [0, 0.05) is 24.7 Å². The van der Waals surface area contributed by atoms with Crippen LogP contribution in [0.4, 0.5) is 10.1 Å². The number of rotatable bonds is 5. The Morgan fingerprint density at radius 1 is 1.26 bits per heavy atom. The first-order valence-corrected chi connectivity index (χ1v) is 11.9. The Balaban J connectivity index is 1.32. The van der Waals surface area contributed by atoms with E-state index in [2.05, 4.69) is 20.4 Å².